The minimum atomic E-state index is -0.978. The van der Waals surface area contributed by atoms with Gasteiger partial charge in [0.1, 0.15) is 11.5 Å². The van der Waals surface area contributed by atoms with Crippen molar-refractivity contribution in [2.24, 2.45) is 0 Å². The Morgan fingerprint density at radius 3 is 2.26 bits per heavy atom. The standard InChI is InChI=1S/C18H21NO4/c1-12-8-14(9-13(2)18(12)23-11-17(20)21)10-19-15-4-6-16(22-3)7-5-15/h4-9,19H,10-11H2,1-3H3,(H,20,21). The van der Waals surface area contributed by atoms with Crippen molar-refractivity contribution in [3.63, 3.8) is 0 Å². The van der Waals surface area contributed by atoms with Crippen molar-refractivity contribution >= 4 is 11.7 Å². The maximum Gasteiger partial charge on any atom is 0.341 e. The highest BCUT2D eigenvalue weighted by atomic mass is 16.5. The van der Waals surface area contributed by atoms with Gasteiger partial charge in [-0.1, -0.05) is 12.1 Å². The van der Waals surface area contributed by atoms with E-state index in [2.05, 4.69) is 5.32 Å². The number of carbonyl (C=O) groups is 1. The molecule has 2 aromatic rings. The Kier molecular flexibility index (Phi) is 5.46. The first kappa shape index (κ1) is 16.7. The zero-order chi connectivity index (χ0) is 16.8. The van der Waals surface area contributed by atoms with Crippen LogP contribution in [0.25, 0.3) is 0 Å². The molecule has 0 bridgehead atoms. The molecule has 0 aliphatic carbocycles. The van der Waals surface area contributed by atoms with E-state index in [1.165, 1.54) is 0 Å². The monoisotopic (exact) mass is 315 g/mol. The summed E-state index contributed by atoms with van der Waals surface area (Å²) in [4.78, 5) is 10.6. The Labute approximate surface area is 135 Å². The van der Waals surface area contributed by atoms with Gasteiger partial charge in [-0.05, 0) is 54.8 Å². The molecule has 122 valence electrons. The van der Waals surface area contributed by atoms with Gasteiger partial charge in [-0.3, -0.25) is 0 Å². The van der Waals surface area contributed by atoms with E-state index in [-0.39, 0.29) is 6.61 Å². The van der Waals surface area contributed by atoms with Crippen LogP contribution in [0.1, 0.15) is 16.7 Å². The molecule has 2 rings (SSSR count). The van der Waals surface area contributed by atoms with Crippen molar-refractivity contribution in [1.29, 1.82) is 0 Å². The summed E-state index contributed by atoms with van der Waals surface area (Å²) < 4.78 is 10.5. The topological polar surface area (TPSA) is 67.8 Å². The summed E-state index contributed by atoms with van der Waals surface area (Å²) in [7, 11) is 1.64. The van der Waals surface area contributed by atoms with Crippen LogP contribution in [0.3, 0.4) is 0 Å². The minimum absolute atomic E-state index is 0.328. The number of hydrogen-bond acceptors (Lipinski definition) is 4. The third kappa shape index (κ3) is 4.64. The Morgan fingerprint density at radius 1 is 1.13 bits per heavy atom. The summed E-state index contributed by atoms with van der Waals surface area (Å²) >= 11 is 0. The number of carboxylic acid groups (broad SMARTS) is 1. The van der Waals surface area contributed by atoms with Crippen LogP contribution >= 0.6 is 0 Å². The zero-order valence-corrected chi connectivity index (χ0v) is 13.6. The first-order valence-electron chi connectivity index (χ1n) is 7.32. The molecule has 2 N–H and O–H groups in total. The smallest absolute Gasteiger partial charge is 0.341 e. The predicted molar refractivity (Wildman–Crippen MR) is 89.4 cm³/mol. The highest BCUT2D eigenvalue weighted by molar-refractivity contribution is 5.68. The van der Waals surface area contributed by atoms with E-state index in [0.29, 0.717) is 12.3 Å². The number of ether oxygens (including phenoxy) is 2. The SMILES string of the molecule is COc1ccc(NCc2cc(C)c(OCC(=O)O)c(C)c2)cc1. The molecule has 0 fully saturated rings. The lowest BCUT2D eigenvalue weighted by Gasteiger charge is -2.14. The Hall–Kier alpha value is -2.69. The lowest BCUT2D eigenvalue weighted by Crippen LogP contribution is -2.11. The molecule has 0 aliphatic rings. The predicted octanol–water partition coefficient (Wildman–Crippen LogP) is 3.39. The number of nitrogens with one attached hydrogen (secondary N) is 1. The molecule has 5 heteroatoms. The minimum Gasteiger partial charge on any atom is -0.497 e. The molecule has 0 saturated carbocycles. The number of anilines is 1. The van der Waals surface area contributed by atoms with Gasteiger partial charge in [0.2, 0.25) is 0 Å². The van der Waals surface area contributed by atoms with E-state index in [1.54, 1.807) is 7.11 Å². The molecular weight excluding hydrogens is 294 g/mol. The molecule has 2 aromatic carbocycles. The highest BCUT2D eigenvalue weighted by Gasteiger charge is 2.08. The van der Waals surface area contributed by atoms with E-state index in [0.717, 1.165) is 28.1 Å². The van der Waals surface area contributed by atoms with Crippen molar-refractivity contribution < 1.29 is 19.4 Å². The van der Waals surface area contributed by atoms with Gasteiger partial charge in [0.15, 0.2) is 6.61 Å². The maximum absolute atomic E-state index is 10.6. The van der Waals surface area contributed by atoms with E-state index in [1.807, 2.05) is 50.2 Å². The quantitative estimate of drug-likeness (QED) is 0.820. The third-order valence-electron chi connectivity index (χ3n) is 3.45. The second-order valence-corrected chi connectivity index (χ2v) is 5.32. The number of benzene rings is 2. The number of methoxy groups -OCH3 is 1. The Balaban J connectivity index is 2.04. The summed E-state index contributed by atoms with van der Waals surface area (Å²) in [5.41, 5.74) is 3.97. The largest absolute Gasteiger partial charge is 0.497 e. The number of carboxylic acids is 1. The maximum atomic E-state index is 10.6. The van der Waals surface area contributed by atoms with Gasteiger partial charge >= 0.3 is 5.97 Å². The molecule has 0 spiro atoms. The fourth-order valence-corrected chi connectivity index (χ4v) is 2.42. The second kappa shape index (κ2) is 7.54. The number of hydrogen-bond donors (Lipinski definition) is 2. The molecule has 0 aliphatic heterocycles. The van der Waals surface area contributed by atoms with Crippen LogP contribution in [-0.4, -0.2) is 24.8 Å². The summed E-state index contributed by atoms with van der Waals surface area (Å²) in [5.74, 6) is 0.483. The van der Waals surface area contributed by atoms with Gasteiger partial charge in [0.25, 0.3) is 0 Å². The molecule has 5 nitrogen and oxygen atoms in total. The van der Waals surface area contributed by atoms with Gasteiger partial charge in [-0.25, -0.2) is 4.79 Å². The molecule has 0 saturated heterocycles. The summed E-state index contributed by atoms with van der Waals surface area (Å²) in [6.07, 6.45) is 0. The molecule has 0 radical (unpaired) electrons. The average molecular weight is 315 g/mol. The molecule has 0 heterocycles. The Bertz CT molecular complexity index is 657. The van der Waals surface area contributed by atoms with Crippen molar-refractivity contribution in [3.8, 4) is 11.5 Å². The molecule has 0 aromatic heterocycles. The Morgan fingerprint density at radius 2 is 1.74 bits per heavy atom. The lowest BCUT2D eigenvalue weighted by atomic mass is 10.1. The fraction of sp³-hybridized carbons (Fsp3) is 0.278. The van der Waals surface area contributed by atoms with E-state index in [9.17, 15) is 4.79 Å². The first-order valence-corrected chi connectivity index (χ1v) is 7.32. The van der Waals surface area contributed by atoms with E-state index < -0.39 is 5.97 Å². The van der Waals surface area contributed by atoms with Crippen molar-refractivity contribution in [2.45, 2.75) is 20.4 Å². The summed E-state index contributed by atoms with van der Waals surface area (Å²) in [6.45, 7) is 4.18. The van der Waals surface area contributed by atoms with Crippen LogP contribution in [0.4, 0.5) is 5.69 Å². The van der Waals surface area contributed by atoms with Gasteiger partial charge in [0, 0.05) is 12.2 Å². The summed E-state index contributed by atoms with van der Waals surface area (Å²) in [6, 6.07) is 11.7. The van der Waals surface area contributed by atoms with Crippen molar-refractivity contribution in [1.82, 2.24) is 0 Å². The average Bonchev–Trinajstić information content (AvgIpc) is 2.52. The van der Waals surface area contributed by atoms with Crippen LogP contribution < -0.4 is 14.8 Å². The highest BCUT2D eigenvalue weighted by Crippen LogP contribution is 2.25. The third-order valence-corrected chi connectivity index (χ3v) is 3.45. The molecule has 0 amide bonds. The van der Waals surface area contributed by atoms with Gasteiger partial charge in [-0.2, -0.15) is 0 Å². The number of aryl methyl sites for hydroxylation is 2. The van der Waals surface area contributed by atoms with Gasteiger partial charge in [-0.15, -0.1) is 0 Å². The number of aliphatic carboxylic acids is 1. The molecule has 0 unspecified atom stereocenters. The normalized spacial score (nSPS) is 10.2. The molecular formula is C18H21NO4. The van der Waals surface area contributed by atoms with Crippen LogP contribution in [0.2, 0.25) is 0 Å². The molecule has 0 atom stereocenters. The second-order valence-electron chi connectivity index (χ2n) is 5.32. The van der Waals surface area contributed by atoms with Crippen LogP contribution in [0, 0.1) is 13.8 Å². The van der Waals surface area contributed by atoms with Crippen LogP contribution in [0.15, 0.2) is 36.4 Å². The summed E-state index contributed by atoms with van der Waals surface area (Å²) in [5, 5.41) is 12.1. The van der Waals surface area contributed by atoms with Crippen molar-refractivity contribution in [3.05, 3.63) is 53.1 Å². The lowest BCUT2D eigenvalue weighted by molar-refractivity contribution is -0.139. The van der Waals surface area contributed by atoms with Crippen LogP contribution in [0.5, 0.6) is 11.5 Å². The van der Waals surface area contributed by atoms with Gasteiger partial charge < -0.3 is 19.9 Å². The number of rotatable bonds is 7. The van der Waals surface area contributed by atoms with Crippen molar-refractivity contribution in [2.75, 3.05) is 19.0 Å². The molecule has 23 heavy (non-hydrogen) atoms. The van der Waals surface area contributed by atoms with Crippen LogP contribution in [-0.2, 0) is 11.3 Å². The zero-order valence-electron chi connectivity index (χ0n) is 13.6. The van der Waals surface area contributed by atoms with Gasteiger partial charge in [0.05, 0.1) is 7.11 Å². The van der Waals surface area contributed by atoms with E-state index in [4.69, 9.17) is 14.6 Å². The van der Waals surface area contributed by atoms with E-state index >= 15 is 0 Å². The fourth-order valence-electron chi connectivity index (χ4n) is 2.42. The first-order chi connectivity index (χ1) is 11.0.